The number of hydrogen-bond acceptors (Lipinski definition) is 8. The number of hydrogen-bond donors (Lipinski definition) is 0. The highest BCUT2D eigenvalue weighted by molar-refractivity contribution is 9.10. The largest absolute Gasteiger partial charge is 0.496 e. The molecule has 0 bridgehead atoms. The highest BCUT2D eigenvalue weighted by atomic mass is 79.9. The molecule has 0 amide bonds. The van der Waals surface area contributed by atoms with Gasteiger partial charge in [0.15, 0.2) is 4.80 Å². The molecule has 0 fully saturated rings. The van der Waals surface area contributed by atoms with Gasteiger partial charge in [-0.3, -0.25) is 14.2 Å². The average molecular weight is 681 g/mol. The van der Waals surface area contributed by atoms with Crippen molar-refractivity contribution in [1.82, 2.24) is 9.13 Å². The minimum absolute atomic E-state index is 0.0604. The van der Waals surface area contributed by atoms with Gasteiger partial charge in [-0.15, -0.1) is 0 Å². The zero-order chi connectivity index (χ0) is 31.5. The van der Waals surface area contributed by atoms with Crippen molar-refractivity contribution in [3.63, 3.8) is 0 Å². The summed E-state index contributed by atoms with van der Waals surface area (Å²) in [4.78, 5) is 45.6. The molecular formula is C33H34BrN3O6S. The smallest absolute Gasteiger partial charge is 0.338 e. The van der Waals surface area contributed by atoms with Crippen LogP contribution in [-0.4, -0.2) is 41.4 Å². The lowest BCUT2D eigenvalue weighted by Gasteiger charge is -2.26. The van der Waals surface area contributed by atoms with E-state index in [2.05, 4.69) is 15.9 Å². The highest BCUT2D eigenvalue weighted by Gasteiger charge is 2.34. The molecule has 9 nitrogen and oxygen atoms in total. The number of carbonyl (C=O) groups excluding carboxylic acids is 2. The molecule has 4 aromatic rings. The Bertz CT molecular complexity index is 1970. The van der Waals surface area contributed by atoms with E-state index in [4.69, 9.17) is 19.2 Å². The first kappa shape index (κ1) is 31.5. The Morgan fingerprint density at radius 2 is 1.84 bits per heavy atom. The number of fused-ring (bicyclic) bond motifs is 2. The molecule has 0 spiro atoms. The molecule has 0 saturated carbocycles. The number of aromatic nitrogens is 2. The van der Waals surface area contributed by atoms with Crippen LogP contribution in [-0.2, 0) is 25.6 Å². The number of halogens is 1. The van der Waals surface area contributed by atoms with E-state index in [9.17, 15) is 14.4 Å². The van der Waals surface area contributed by atoms with Gasteiger partial charge in [-0.05, 0) is 73.0 Å². The Morgan fingerprint density at radius 3 is 2.52 bits per heavy atom. The van der Waals surface area contributed by atoms with Crippen LogP contribution < -0.4 is 19.6 Å². The number of para-hydroxylation sites is 1. The number of rotatable bonds is 10. The predicted molar refractivity (Wildman–Crippen MR) is 174 cm³/mol. The first-order valence-electron chi connectivity index (χ1n) is 14.5. The van der Waals surface area contributed by atoms with Crippen molar-refractivity contribution < 1.29 is 23.8 Å². The number of ether oxygens (including phenoxy) is 3. The molecule has 3 heterocycles. The van der Waals surface area contributed by atoms with Crippen LogP contribution in [0.15, 0.2) is 68.0 Å². The van der Waals surface area contributed by atoms with Crippen molar-refractivity contribution in [2.24, 2.45) is 4.99 Å². The number of allylic oxidation sites excluding steroid dienone is 1. The van der Waals surface area contributed by atoms with Crippen LogP contribution >= 0.6 is 27.3 Å². The van der Waals surface area contributed by atoms with Crippen molar-refractivity contribution in [2.75, 3.05) is 20.3 Å². The molecule has 2 aromatic heterocycles. The summed E-state index contributed by atoms with van der Waals surface area (Å²) >= 11 is 4.85. The number of nitrogens with zero attached hydrogens (tertiary/aromatic N) is 3. The van der Waals surface area contributed by atoms with Gasteiger partial charge in [0.1, 0.15) is 12.3 Å². The fourth-order valence-corrected chi connectivity index (χ4v) is 7.16. The second kappa shape index (κ2) is 13.4. The molecule has 1 atom stereocenters. The Balaban J connectivity index is 1.76. The van der Waals surface area contributed by atoms with E-state index in [1.165, 1.54) is 11.3 Å². The summed E-state index contributed by atoms with van der Waals surface area (Å²) in [6.07, 6.45) is 3.17. The van der Waals surface area contributed by atoms with Crippen molar-refractivity contribution in [3.8, 4) is 5.75 Å². The van der Waals surface area contributed by atoms with E-state index in [1.807, 2.05) is 60.9 Å². The average Bonchev–Trinajstić information content (AvgIpc) is 3.45. The standard InChI is InChI=1S/C33H34BrN3O6S/c1-6-11-24-29(32(40)43-8-3)30(20-14-15-26(41-5)23(34)16-20)37-31(39)27(44-33(37)35-24)17-22-19(4)36(18-28(38)42-7-2)25-13-10-9-12-21(22)25/h9-10,12-17,30H,6-8,11,18H2,1-5H3/b27-17-/t30-/m0/s1. The molecule has 2 aromatic carbocycles. The van der Waals surface area contributed by atoms with Crippen molar-refractivity contribution in [3.05, 3.63) is 94.7 Å². The summed E-state index contributed by atoms with van der Waals surface area (Å²) in [7, 11) is 1.58. The third kappa shape index (κ3) is 5.78. The highest BCUT2D eigenvalue weighted by Crippen LogP contribution is 2.36. The van der Waals surface area contributed by atoms with Gasteiger partial charge < -0.3 is 18.8 Å². The number of methoxy groups -OCH3 is 1. The van der Waals surface area contributed by atoms with Crippen LogP contribution in [0, 0.1) is 6.92 Å². The molecule has 11 heteroatoms. The van der Waals surface area contributed by atoms with E-state index < -0.39 is 12.0 Å². The van der Waals surface area contributed by atoms with Gasteiger partial charge in [-0.2, -0.15) is 0 Å². The van der Waals surface area contributed by atoms with E-state index in [0.29, 0.717) is 43.9 Å². The SMILES string of the molecule is CCCC1=C(C(=O)OCC)[C@H](c2ccc(OC)c(Br)c2)n2c(s/c(=C\c3c(C)n(CC(=O)OCC)c4ccccc34)c2=O)=N1. The van der Waals surface area contributed by atoms with Crippen molar-refractivity contribution >= 4 is 56.2 Å². The van der Waals surface area contributed by atoms with E-state index in [-0.39, 0.29) is 24.7 Å². The van der Waals surface area contributed by atoms with Crippen LogP contribution in [0.2, 0.25) is 0 Å². The number of esters is 2. The van der Waals surface area contributed by atoms with Crippen LogP contribution in [0.25, 0.3) is 17.0 Å². The summed E-state index contributed by atoms with van der Waals surface area (Å²) < 4.78 is 20.8. The third-order valence-electron chi connectivity index (χ3n) is 7.53. The summed E-state index contributed by atoms with van der Waals surface area (Å²) in [5, 5.41) is 0.912. The van der Waals surface area contributed by atoms with Gasteiger partial charge in [-0.1, -0.05) is 48.9 Å². The van der Waals surface area contributed by atoms with Crippen LogP contribution in [0.4, 0.5) is 0 Å². The van der Waals surface area contributed by atoms with Gasteiger partial charge >= 0.3 is 11.9 Å². The summed E-state index contributed by atoms with van der Waals surface area (Å²) in [6, 6.07) is 12.5. The molecule has 230 valence electrons. The Hall–Kier alpha value is -3.96. The van der Waals surface area contributed by atoms with Gasteiger partial charge in [0.25, 0.3) is 5.56 Å². The quantitative estimate of drug-likeness (QED) is 0.214. The van der Waals surface area contributed by atoms with E-state index in [1.54, 1.807) is 31.6 Å². The minimum Gasteiger partial charge on any atom is -0.496 e. The topological polar surface area (TPSA) is 101 Å². The lowest BCUT2D eigenvalue weighted by Crippen LogP contribution is -2.40. The van der Waals surface area contributed by atoms with Gasteiger partial charge in [0, 0.05) is 22.2 Å². The summed E-state index contributed by atoms with van der Waals surface area (Å²) in [6.45, 7) is 8.04. The molecule has 0 N–H and O–H groups in total. The fraction of sp³-hybridized carbons (Fsp3) is 0.333. The fourth-order valence-electron chi connectivity index (χ4n) is 5.60. The molecule has 5 rings (SSSR count). The van der Waals surface area contributed by atoms with Gasteiger partial charge in [-0.25, -0.2) is 9.79 Å². The molecule has 0 saturated heterocycles. The zero-order valence-electron chi connectivity index (χ0n) is 25.3. The maximum Gasteiger partial charge on any atom is 0.338 e. The first-order chi connectivity index (χ1) is 21.2. The third-order valence-corrected chi connectivity index (χ3v) is 9.13. The maximum atomic E-state index is 14.3. The zero-order valence-corrected chi connectivity index (χ0v) is 27.7. The number of thiazole rings is 1. The summed E-state index contributed by atoms with van der Waals surface area (Å²) in [5.74, 6) is -0.196. The van der Waals surface area contributed by atoms with Crippen LogP contribution in [0.5, 0.6) is 5.75 Å². The molecule has 0 unspecified atom stereocenters. The van der Waals surface area contributed by atoms with E-state index >= 15 is 0 Å². The molecule has 1 aliphatic heterocycles. The second-order valence-electron chi connectivity index (χ2n) is 10.2. The van der Waals surface area contributed by atoms with Crippen LogP contribution in [0.3, 0.4) is 0 Å². The minimum atomic E-state index is -0.748. The Kier molecular flexibility index (Phi) is 9.55. The van der Waals surface area contributed by atoms with Crippen molar-refractivity contribution in [1.29, 1.82) is 0 Å². The molecule has 1 aliphatic rings. The molecular weight excluding hydrogens is 646 g/mol. The van der Waals surface area contributed by atoms with Crippen LogP contribution in [0.1, 0.15) is 56.5 Å². The van der Waals surface area contributed by atoms with Crippen molar-refractivity contribution in [2.45, 2.75) is 53.1 Å². The van der Waals surface area contributed by atoms with Gasteiger partial charge in [0.05, 0.1) is 46.6 Å². The Morgan fingerprint density at radius 1 is 1.09 bits per heavy atom. The first-order valence-corrected chi connectivity index (χ1v) is 16.1. The number of benzene rings is 2. The molecule has 44 heavy (non-hydrogen) atoms. The maximum absolute atomic E-state index is 14.3. The predicted octanol–water partition coefficient (Wildman–Crippen LogP) is 5.18. The number of carbonyl (C=O) groups is 2. The lowest BCUT2D eigenvalue weighted by atomic mass is 9.94. The van der Waals surface area contributed by atoms with E-state index in [0.717, 1.165) is 34.1 Å². The second-order valence-corrected chi connectivity index (χ2v) is 12.1. The monoisotopic (exact) mass is 679 g/mol. The normalized spacial score (nSPS) is 14.9. The Labute approximate surface area is 267 Å². The lowest BCUT2D eigenvalue weighted by molar-refractivity contribution is -0.143. The van der Waals surface area contributed by atoms with Gasteiger partial charge in [0.2, 0.25) is 0 Å². The summed E-state index contributed by atoms with van der Waals surface area (Å²) in [5.41, 5.74) is 3.94. The molecule has 0 aliphatic carbocycles. The molecule has 0 radical (unpaired) electrons.